The summed E-state index contributed by atoms with van der Waals surface area (Å²) >= 11 is 0. The minimum absolute atomic E-state index is 0.0229. The highest BCUT2D eigenvalue weighted by atomic mass is 16.7. The number of benzene rings is 1. The molecule has 0 aliphatic heterocycles. The third kappa shape index (κ3) is 4.89. The molecule has 1 aromatic carbocycles. The van der Waals surface area contributed by atoms with Crippen LogP contribution >= 0.6 is 0 Å². The van der Waals surface area contributed by atoms with Gasteiger partial charge in [0, 0.05) is 58.9 Å². The highest BCUT2D eigenvalue weighted by Gasteiger charge is 2.61. The monoisotopic (exact) mass is 558 g/mol. The van der Waals surface area contributed by atoms with Crippen molar-refractivity contribution in [3.05, 3.63) is 46.5 Å². The lowest BCUT2D eigenvalue weighted by Gasteiger charge is -2.57. The molecule has 7 nitrogen and oxygen atoms in total. The first-order chi connectivity index (χ1) is 19.2. The zero-order valence-corrected chi connectivity index (χ0v) is 25.3. The number of fused-ring (bicyclic) bond motifs is 4. The van der Waals surface area contributed by atoms with Crippen molar-refractivity contribution >= 4 is 0 Å². The van der Waals surface area contributed by atoms with E-state index >= 15 is 0 Å². The number of hydrogen-bond donors (Lipinski definition) is 2. The lowest BCUT2D eigenvalue weighted by molar-refractivity contribution is -0.281. The molecule has 7 heteroatoms. The number of hydrogen-bond acceptors (Lipinski definition) is 7. The van der Waals surface area contributed by atoms with Gasteiger partial charge in [-0.2, -0.15) is 0 Å². The highest BCUT2D eigenvalue weighted by molar-refractivity contribution is 5.44. The summed E-state index contributed by atoms with van der Waals surface area (Å²) in [4.78, 5) is 0. The Kier molecular flexibility index (Phi) is 8.86. The molecule has 4 aliphatic carbocycles. The van der Waals surface area contributed by atoms with E-state index in [-0.39, 0.29) is 23.4 Å². The van der Waals surface area contributed by atoms with Crippen molar-refractivity contribution in [1.82, 2.24) is 0 Å². The topological polar surface area (TPSA) is 86.6 Å². The fourth-order valence-corrected chi connectivity index (χ4v) is 8.95. The standard InChI is InChI=1S/C33H50O7/c1-7-16-40-19-23-17-27-29-24(14-15-32(27,35)20-33(23,38-5)39-6)26-12-13-28(34)31(26,2)18-25(29)21-8-10-22(11-9-21)30(36-3)37-4/h8-11,23-26,28,30,34-35H,7,12-20H2,1-6H3/t23?,24-,25+,26-,28+,31-,32+/m0/s1. The quantitative estimate of drug-likeness (QED) is 0.223. The van der Waals surface area contributed by atoms with Crippen LogP contribution in [0.2, 0.25) is 0 Å². The van der Waals surface area contributed by atoms with Crippen LogP contribution in [0.3, 0.4) is 0 Å². The van der Waals surface area contributed by atoms with E-state index < -0.39 is 17.7 Å². The van der Waals surface area contributed by atoms with Crippen LogP contribution in [-0.2, 0) is 23.7 Å². The molecule has 0 amide bonds. The van der Waals surface area contributed by atoms with Gasteiger partial charge in [0.25, 0.3) is 0 Å². The molecule has 0 radical (unpaired) electrons. The maximum Gasteiger partial charge on any atom is 0.183 e. The lowest BCUT2D eigenvalue weighted by Crippen LogP contribution is -2.58. The van der Waals surface area contributed by atoms with E-state index in [1.165, 1.54) is 16.7 Å². The Bertz CT molecular complexity index is 1050. The Hall–Kier alpha value is -1.32. The fraction of sp³-hybridized carbons (Fsp3) is 0.758. The minimum atomic E-state index is -0.987. The van der Waals surface area contributed by atoms with Crippen LogP contribution in [0.4, 0.5) is 0 Å². The molecule has 0 heterocycles. The van der Waals surface area contributed by atoms with Gasteiger partial charge >= 0.3 is 0 Å². The van der Waals surface area contributed by atoms with Gasteiger partial charge in [-0.25, -0.2) is 0 Å². The molecular weight excluding hydrogens is 508 g/mol. The Morgan fingerprint density at radius 2 is 1.70 bits per heavy atom. The van der Waals surface area contributed by atoms with Crippen molar-refractivity contribution in [2.45, 2.75) is 94.9 Å². The number of methoxy groups -OCH3 is 4. The van der Waals surface area contributed by atoms with Crippen LogP contribution in [0.5, 0.6) is 0 Å². The van der Waals surface area contributed by atoms with Gasteiger partial charge in [-0.05, 0) is 73.3 Å². The molecule has 224 valence electrons. The van der Waals surface area contributed by atoms with E-state index in [4.69, 9.17) is 23.7 Å². The van der Waals surface area contributed by atoms with Crippen molar-refractivity contribution in [2.24, 2.45) is 23.2 Å². The highest BCUT2D eigenvalue weighted by Crippen LogP contribution is 2.65. The average Bonchev–Trinajstić information content (AvgIpc) is 3.27. The number of aliphatic hydroxyl groups is 2. The molecule has 2 N–H and O–H groups in total. The number of allylic oxidation sites excluding steroid dienone is 1. The minimum Gasteiger partial charge on any atom is -0.393 e. The molecular formula is C33H50O7. The van der Waals surface area contributed by atoms with Crippen molar-refractivity contribution < 1.29 is 33.9 Å². The first-order valence-electron chi connectivity index (χ1n) is 15.2. The molecule has 7 atom stereocenters. The Labute approximate surface area is 240 Å². The van der Waals surface area contributed by atoms with E-state index in [1.807, 2.05) is 0 Å². The molecule has 1 unspecified atom stereocenters. The average molecular weight is 559 g/mol. The summed E-state index contributed by atoms with van der Waals surface area (Å²) in [5, 5.41) is 23.6. The SMILES string of the molecule is CCCOCC1CC2=C3[C@@H](CC[C@@]2(O)CC1(OC)OC)[C@@H]1CC[C@@H](O)[C@@]1(C)C[C@@H]3c1ccc(C(OC)OC)cc1. The van der Waals surface area contributed by atoms with E-state index in [0.29, 0.717) is 44.3 Å². The largest absolute Gasteiger partial charge is 0.393 e. The van der Waals surface area contributed by atoms with Gasteiger partial charge in [0.2, 0.25) is 0 Å². The van der Waals surface area contributed by atoms with Crippen LogP contribution in [0, 0.1) is 23.2 Å². The van der Waals surface area contributed by atoms with Crippen molar-refractivity contribution in [3.8, 4) is 0 Å². The second kappa shape index (κ2) is 11.8. The molecule has 4 aliphatic rings. The van der Waals surface area contributed by atoms with Gasteiger partial charge in [0.1, 0.15) is 0 Å². The molecule has 40 heavy (non-hydrogen) atoms. The Morgan fingerprint density at radius 3 is 2.33 bits per heavy atom. The Morgan fingerprint density at radius 1 is 1.00 bits per heavy atom. The van der Waals surface area contributed by atoms with Gasteiger partial charge in [-0.1, -0.05) is 43.7 Å². The Balaban J connectivity index is 1.61. The summed E-state index contributed by atoms with van der Waals surface area (Å²) in [6, 6.07) is 8.55. The van der Waals surface area contributed by atoms with E-state index in [1.54, 1.807) is 28.4 Å². The smallest absolute Gasteiger partial charge is 0.183 e. The van der Waals surface area contributed by atoms with Crippen molar-refractivity contribution in [1.29, 1.82) is 0 Å². The van der Waals surface area contributed by atoms with Gasteiger partial charge < -0.3 is 33.9 Å². The predicted octanol–water partition coefficient (Wildman–Crippen LogP) is 5.51. The molecule has 1 aromatic rings. The first kappa shape index (κ1) is 30.1. The summed E-state index contributed by atoms with van der Waals surface area (Å²) in [5.74, 6) is -0.0314. The van der Waals surface area contributed by atoms with Gasteiger partial charge in [0.15, 0.2) is 12.1 Å². The summed E-state index contributed by atoms with van der Waals surface area (Å²) < 4.78 is 29.1. The van der Waals surface area contributed by atoms with Gasteiger partial charge in [0.05, 0.1) is 18.3 Å². The molecule has 0 saturated heterocycles. The molecule has 0 spiro atoms. The fourth-order valence-electron chi connectivity index (χ4n) is 8.95. The zero-order chi connectivity index (χ0) is 28.7. The first-order valence-corrected chi connectivity index (χ1v) is 15.2. The zero-order valence-electron chi connectivity index (χ0n) is 25.3. The molecule has 5 rings (SSSR count). The summed E-state index contributed by atoms with van der Waals surface area (Å²) in [6.07, 6.45) is 5.69. The van der Waals surface area contributed by atoms with E-state index in [2.05, 4.69) is 38.1 Å². The third-order valence-electron chi connectivity index (χ3n) is 11.1. The second-order valence-corrected chi connectivity index (χ2v) is 12.9. The van der Waals surface area contributed by atoms with Gasteiger partial charge in [-0.15, -0.1) is 0 Å². The third-order valence-corrected chi connectivity index (χ3v) is 11.1. The number of ether oxygens (including phenoxy) is 5. The summed E-state index contributed by atoms with van der Waals surface area (Å²) in [5.41, 5.74) is 3.63. The van der Waals surface area contributed by atoms with Crippen molar-refractivity contribution in [2.75, 3.05) is 41.7 Å². The predicted molar refractivity (Wildman–Crippen MR) is 153 cm³/mol. The van der Waals surface area contributed by atoms with Crippen LogP contribution in [0.15, 0.2) is 35.4 Å². The van der Waals surface area contributed by atoms with E-state index in [9.17, 15) is 10.2 Å². The van der Waals surface area contributed by atoms with Crippen LogP contribution < -0.4 is 0 Å². The number of rotatable bonds is 10. The van der Waals surface area contributed by atoms with E-state index in [0.717, 1.165) is 37.7 Å². The normalized spacial score (nSPS) is 36.9. The molecule has 0 bridgehead atoms. The summed E-state index contributed by atoms with van der Waals surface area (Å²) in [6.45, 7) is 5.63. The van der Waals surface area contributed by atoms with Crippen LogP contribution in [0.1, 0.15) is 88.5 Å². The van der Waals surface area contributed by atoms with Crippen LogP contribution in [-0.4, -0.2) is 69.4 Å². The van der Waals surface area contributed by atoms with Crippen molar-refractivity contribution in [3.63, 3.8) is 0 Å². The maximum absolute atomic E-state index is 12.4. The molecule has 0 aromatic heterocycles. The van der Waals surface area contributed by atoms with Gasteiger partial charge in [-0.3, -0.25) is 0 Å². The van der Waals surface area contributed by atoms with Crippen LogP contribution in [0.25, 0.3) is 0 Å². The maximum atomic E-state index is 12.4. The lowest BCUT2D eigenvalue weighted by atomic mass is 9.50. The molecule has 3 saturated carbocycles. The summed E-state index contributed by atoms with van der Waals surface area (Å²) in [7, 11) is 6.67. The number of aliphatic hydroxyl groups excluding tert-OH is 1. The molecule has 3 fully saturated rings. The second-order valence-electron chi connectivity index (χ2n) is 12.9.